The summed E-state index contributed by atoms with van der Waals surface area (Å²) in [6.45, 7) is 3.37. The lowest BCUT2D eigenvalue weighted by Crippen LogP contribution is -2.51. The zero-order chi connectivity index (χ0) is 24.1. The van der Waals surface area contributed by atoms with E-state index in [1.165, 1.54) is 23.1 Å². The summed E-state index contributed by atoms with van der Waals surface area (Å²) < 4.78 is 26.8. The molecule has 0 aliphatic carbocycles. The van der Waals surface area contributed by atoms with Crippen LogP contribution < -0.4 is 9.62 Å². The second-order valence-corrected chi connectivity index (χ2v) is 10.8. The molecule has 0 saturated carbocycles. The van der Waals surface area contributed by atoms with E-state index in [1.54, 1.807) is 13.8 Å². The molecule has 2 amide bonds. The minimum atomic E-state index is -3.86. The number of halogens is 3. The second-order valence-electron chi connectivity index (χ2n) is 7.08. The molecule has 0 unspecified atom stereocenters. The zero-order valence-corrected chi connectivity index (χ0v) is 21.7. The van der Waals surface area contributed by atoms with Crippen LogP contribution in [0.3, 0.4) is 0 Å². The van der Waals surface area contributed by atoms with Gasteiger partial charge >= 0.3 is 0 Å². The number of carbonyl (C=O) groups is 2. The number of nitrogens with one attached hydrogen (secondary N) is 1. The average molecular weight is 565 g/mol. The van der Waals surface area contributed by atoms with Crippen LogP contribution in [0.2, 0.25) is 10.0 Å². The molecule has 2 aromatic carbocycles. The minimum absolute atomic E-state index is 0.0898. The Balaban J connectivity index is 2.40. The predicted octanol–water partition coefficient (Wildman–Crippen LogP) is 4.08. The molecule has 11 heteroatoms. The Labute approximate surface area is 206 Å². The molecule has 0 aromatic heterocycles. The summed E-state index contributed by atoms with van der Waals surface area (Å²) in [6.07, 6.45) is 0.984. The Bertz CT molecular complexity index is 1080. The number of sulfonamides is 1. The minimum Gasteiger partial charge on any atom is -0.355 e. The van der Waals surface area contributed by atoms with Gasteiger partial charge in [0.25, 0.3) is 0 Å². The maximum atomic E-state index is 13.3. The van der Waals surface area contributed by atoms with Gasteiger partial charge in [-0.25, -0.2) is 8.42 Å². The van der Waals surface area contributed by atoms with Crippen molar-refractivity contribution in [1.29, 1.82) is 0 Å². The third kappa shape index (κ3) is 7.10. The van der Waals surface area contributed by atoms with Gasteiger partial charge < -0.3 is 10.2 Å². The van der Waals surface area contributed by atoms with E-state index < -0.39 is 28.5 Å². The van der Waals surface area contributed by atoms with Gasteiger partial charge in [-0.05, 0) is 49.7 Å². The van der Waals surface area contributed by atoms with E-state index in [1.807, 2.05) is 24.3 Å². The Hall–Kier alpha value is -1.81. The van der Waals surface area contributed by atoms with E-state index in [2.05, 4.69) is 21.2 Å². The molecule has 174 valence electrons. The third-order valence-corrected chi connectivity index (χ3v) is 6.84. The number of likely N-dealkylation sites (N-methyl/N-ethyl adjacent to an activating group) is 1. The fraction of sp³-hybridized carbons (Fsp3) is 0.333. The summed E-state index contributed by atoms with van der Waals surface area (Å²) >= 11 is 15.5. The largest absolute Gasteiger partial charge is 0.355 e. The van der Waals surface area contributed by atoms with Crippen LogP contribution in [0, 0.1) is 0 Å². The Morgan fingerprint density at radius 1 is 1.12 bits per heavy atom. The van der Waals surface area contributed by atoms with Gasteiger partial charge in [0.2, 0.25) is 21.8 Å². The molecule has 0 aliphatic rings. The number of anilines is 1. The van der Waals surface area contributed by atoms with Gasteiger partial charge in [-0.3, -0.25) is 13.9 Å². The van der Waals surface area contributed by atoms with E-state index in [4.69, 9.17) is 23.2 Å². The first kappa shape index (κ1) is 26.4. The maximum absolute atomic E-state index is 13.3. The standard InChI is InChI=1S/C21H24BrCl2N3O4S/c1-4-25-21(29)14(2)26(12-15-5-7-16(22)8-6-15)20(28)13-27(32(3,30)31)19-10-9-17(23)11-18(19)24/h5-11,14H,4,12-13H2,1-3H3,(H,25,29)/t14-/m1/s1. The van der Waals surface area contributed by atoms with Crippen LogP contribution in [-0.2, 0) is 26.2 Å². The molecule has 2 aromatic rings. The van der Waals surface area contributed by atoms with Crippen molar-refractivity contribution in [2.45, 2.75) is 26.4 Å². The summed E-state index contributed by atoms with van der Waals surface area (Å²) in [5.41, 5.74) is 0.911. The Kier molecular flexibility index (Phi) is 9.39. The summed E-state index contributed by atoms with van der Waals surface area (Å²) in [5.74, 6) is -0.892. The molecule has 0 aliphatic heterocycles. The van der Waals surface area contributed by atoms with Crippen molar-refractivity contribution in [3.05, 3.63) is 62.5 Å². The van der Waals surface area contributed by atoms with Crippen molar-refractivity contribution >= 4 is 66.7 Å². The lowest BCUT2D eigenvalue weighted by Gasteiger charge is -2.31. The van der Waals surface area contributed by atoms with E-state index in [0.29, 0.717) is 11.6 Å². The molecule has 0 fully saturated rings. The van der Waals surface area contributed by atoms with Crippen molar-refractivity contribution < 1.29 is 18.0 Å². The fourth-order valence-corrected chi connectivity index (χ4v) is 4.66. The molecule has 7 nitrogen and oxygen atoms in total. The Morgan fingerprint density at radius 2 is 1.75 bits per heavy atom. The van der Waals surface area contributed by atoms with Gasteiger partial charge in [0.15, 0.2) is 0 Å². The number of carbonyl (C=O) groups excluding carboxylic acids is 2. The topological polar surface area (TPSA) is 86.8 Å². The van der Waals surface area contributed by atoms with Crippen molar-refractivity contribution in [2.75, 3.05) is 23.7 Å². The summed E-state index contributed by atoms with van der Waals surface area (Å²) in [7, 11) is -3.86. The quantitative estimate of drug-likeness (QED) is 0.497. The number of amides is 2. The average Bonchev–Trinajstić information content (AvgIpc) is 2.71. The fourth-order valence-electron chi connectivity index (χ4n) is 2.97. The van der Waals surface area contributed by atoms with Gasteiger partial charge in [-0.15, -0.1) is 0 Å². The van der Waals surface area contributed by atoms with Gasteiger partial charge in [0, 0.05) is 22.6 Å². The third-order valence-electron chi connectivity index (χ3n) is 4.64. The molecule has 0 bridgehead atoms. The van der Waals surface area contributed by atoms with Gasteiger partial charge in [0.05, 0.1) is 17.0 Å². The van der Waals surface area contributed by atoms with Crippen LogP contribution in [-0.4, -0.2) is 50.5 Å². The van der Waals surface area contributed by atoms with Crippen molar-refractivity contribution in [2.24, 2.45) is 0 Å². The van der Waals surface area contributed by atoms with Crippen molar-refractivity contribution in [3.8, 4) is 0 Å². The molecule has 0 saturated heterocycles. The highest BCUT2D eigenvalue weighted by Gasteiger charge is 2.30. The number of rotatable bonds is 9. The molecule has 0 spiro atoms. The number of benzene rings is 2. The molecule has 0 radical (unpaired) electrons. The Morgan fingerprint density at radius 3 is 2.28 bits per heavy atom. The summed E-state index contributed by atoms with van der Waals surface area (Å²) in [6, 6.07) is 10.8. The molecular formula is C21H24BrCl2N3O4S. The number of hydrogen-bond donors (Lipinski definition) is 1. The molecule has 0 heterocycles. The van der Waals surface area contributed by atoms with Crippen molar-refractivity contribution in [3.63, 3.8) is 0 Å². The van der Waals surface area contributed by atoms with Crippen molar-refractivity contribution in [1.82, 2.24) is 10.2 Å². The number of nitrogens with zero attached hydrogens (tertiary/aromatic N) is 2. The second kappa shape index (κ2) is 11.4. The van der Waals surface area contributed by atoms with Crippen LogP contribution >= 0.6 is 39.1 Å². The first-order chi connectivity index (χ1) is 14.9. The monoisotopic (exact) mass is 563 g/mol. The van der Waals surface area contributed by atoms with Crippen LogP contribution in [0.25, 0.3) is 0 Å². The summed E-state index contributed by atoms with van der Waals surface area (Å²) in [5, 5.41) is 3.12. The van der Waals surface area contributed by atoms with Gasteiger partial charge in [0.1, 0.15) is 12.6 Å². The summed E-state index contributed by atoms with van der Waals surface area (Å²) in [4.78, 5) is 27.2. The zero-order valence-electron chi connectivity index (χ0n) is 17.8. The SMILES string of the molecule is CCNC(=O)[C@@H](C)N(Cc1ccc(Br)cc1)C(=O)CN(c1ccc(Cl)cc1Cl)S(C)(=O)=O. The lowest BCUT2D eigenvalue weighted by molar-refractivity contribution is -0.139. The highest BCUT2D eigenvalue weighted by Crippen LogP contribution is 2.30. The van der Waals surface area contributed by atoms with E-state index in [-0.39, 0.29) is 23.2 Å². The van der Waals surface area contributed by atoms with Crippen LogP contribution in [0.1, 0.15) is 19.4 Å². The highest BCUT2D eigenvalue weighted by molar-refractivity contribution is 9.10. The molecule has 1 atom stereocenters. The van der Waals surface area contributed by atoms with Gasteiger partial charge in [-0.2, -0.15) is 0 Å². The predicted molar refractivity (Wildman–Crippen MR) is 131 cm³/mol. The van der Waals surface area contributed by atoms with Crippen LogP contribution in [0.4, 0.5) is 5.69 Å². The highest BCUT2D eigenvalue weighted by atomic mass is 79.9. The first-order valence-corrected chi connectivity index (χ1v) is 13.1. The number of hydrogen-bond acceptors (Lipinski definition) is 4. The molecule has 2 rings (SSSR count). The molecule has 1 N–H and O–H groups in total. The van der Waals surface area contributed by atoms with Crippen LogP contribution in [0.5, 0.6) is 0 Å². The maximum Gasteiger partial charge on any atom is 0.244 e. The molecular weight excluding hydrogens is 541 g/mol. The molecule has 32 heavy (non-hydrogen) atoms. The van der Waals surface area contributed by atoms with E-state index in [9.17, 15) is 18.0 Å². The smallest absolute Gasteiger partial charge is 0.244 e. The first-order valence-electron chi connectivity index (χ1n) is 9.68. The normalized spacial score (nSPS) is 12.2. The van der Waals surface area contributed by atoms with E-state index in [0.717, 1.165) is 20.6 Å². The van der Waals surface area contributed by atoms with Gasteiger partial charge in [-0.1, -0.05) is 51.3 Å². The lowest BCUT2D eigenvalue weighted by atomic mass is 10.1. The van der Waals surface area contributed by atoms with Crippen LogP contribution in [0.15, 0.2) is 46.9 Å². The van der Waals surface area contributed by atoms with E-state index >= 15 is 0 Å².